The van der Waals surface area contributed by atoms with Crippen LogP contribution in [0.25, 0.3) is 0 Å². The molecule has 0 amide bonds. The van der Waals surface area contributed by atoms with E-state index in [1.165, 1.54) is 19.1 Å². The van der Waals surface area contributed by atoms with Crippen molar-refractivity contribution in [3.05, 3.63) is 35.1 Å². The molecule has 1 aromatic carbocycles. The average molecular weight is 241 g/mol. The fraction of sp³-hybridized carbons (Fsp3) is 0.417. The van der Waals surface area contributed by atoms with Crippen LogP contribution in [0.5, 0.6) is 0 Å². The Bertz CT molecular complexity index is 409. The summed E-state index contributed by atoms with van der Waals surface area (Å²) in [7, 11) is 0. The topological polar surface area (TPSA) is 83.5 Å². The van der Waals surface area contributed by atoms with Crippen LogP contribution in [0.4, 0.5) is 4.39 Å². The van der Waals surface area contributed by atoms with Gasteiger partial charge in [-0.3, -0.25) is 4.79 Å². The molecule has 17 heavy (non-hydrogen) atoms. The average Bonchev–Trinajstić information content (AvgIpc) is 2.28. The van der Waals surface area contributed by atoms with Gasteiger partial charge in [0.25, 0.3) is 0 Å². The molecule has 0 saturated carbocycles. The predicted molar refractivity (Wildman–Crippen MR) is 61.0 cm³/mol. The number of ketones is 1. The van der Waals surface area contributed by atoms with Crippen LogP contribution >= 0.6 is 0 Å². The molecule has 0 aromatic heterocycles. The van der Waals surface area contributed by atoms with E-state index in [1.807, 2.05) is 0 Å². The van der Waals surface area contributed by atoms with Gasteiger partial charge in [0.15, 0.2) is 5.78 Å². The number of benzene rings is 1. The second-order valence-electron chi connectivity index (χ2n) is 3.88. The number of Topliss-reactive ketones (excluding diaryl/α,β-unsaturated/α-hetero) is 1. The summed E-state index contributed by atoms with van der Waals surface area (Å²) in [5.74, 6) is -0.884. The first-order chi connectivity index (χ1) is 7.97. The van der Waals surface area contributed by atoms with Gasteiger partial charge in [0.05, 0.1) is 6.10 Å². The third-order valence-corrected chi connectivity index (χ3v) is 2.55. The summed E-state index contributed by atoms with van der Waals surface area (Å²) in [4.78, 5) is 11.1. The van der Waals surface area contributed by atoms with Crippen molar-refractivity contribution in [2.24, 2.45) is 5.73 Å². The molecule has 2 atom stereocenters. The van der Waals surface area contributed by atoms with Crippen LogP contribution in [-0.4, -0.2) is 28.6 Å². The predicted octanol–water partition coefficient (Wildman–Crippen LogP) is 0.771. The summed E-state index contributed by atoms with van der Waals surface area (Å²) in [5.41, 5.74) is 5.45. The van der Waals surface area contributed by atoms with E-state index < -0.39 is 18.0 Å². The van der Waals surface area contributed by atoms with E-state index >= 15 is 0 Å². The molecule has 0 fully saturated rings. The molecule has 0 heterocycles. The zero-order valence-electron chi connectivity index (χ0n) is 9.56. The number of aliphatic hydroxyl groups is 2. The molecule has 0 bridgehead atoms. The number of hydrogen-bond acceptors (Lipinski definition) is 4. The van der Waals surface area contributed by atoms with Gasteiger partial charge in [-0.2, -0.15) is 0 Å². The normalized spacial score (nSPS) is 14.4. The van der Waals surface area contributed by atoms with Gasteiger partial charge in [0.2, 0.25) is 0 Å². The van der Waals surface area contributed by atoms with Crippen molar-refractivity contribution in [2.75, 3.05) is 6.54 Å². The van der Waals surface area contributed by atoms with Crippen molar-refractivity contribution < 1.29 is 19.4 Å². The van der Waals surface area contributed by atoms with Crippen LogP contribution in [0.2, 0.25) is 0 Å². The summed E-state index contributed by atoms with van der Waals surface area (Å²) in [6.45, 7) is 1.53. The lowest BCUT2D eigenvalue weighted by Gasteiger charge is -2.18. The van der Waals surface area contributed by atoms with Gasteiger partial charge in [0, 0.05) is 11.1 Å². The van der Waals surface area contributed by atoms with E-state index in [2.05, 4.69) is 0 Å². The molecule has 2 unspecified atom stereocenters. The van der Waals surface area contributed by atoms with Gasteiger partial charge in [-0.05, 0) is 38.1 Å². The summed E-state index contributed by atoms with van der Waals surface area (Å²) in [5, 5.41) is 19.3. The fourth-order valence-corrected chi connectivity index (χ4v) is 1.53. The monoisotopic (exact) mass is 241 g/mol. The first-order valence-electron chi connectivity index (χ1n) is 5.34. The van der Waals surface area contributed by atoms with Gasteiger partial charge < -0.3 is 15.9 Å². The number of carbonyl (C=O) groups excluding carboxylic acids is 1. The summed E-state index contributed by atoms with van der Waals surface area (Å²) < 4.78 is 13.5. The van der Waals surface area contributed by atoms with Crippen molar-refractivity contribution in [1.82, 2.24) is 0 Å². The molecule has 1 aromatic rings. The second-order valence-corrected chi connectivity index (χ2v) is 3.88. The summed E-state index contributed by atoms with van der Waals surface area (Å²) in [6, 6.07) is 3.69. The summed E-state index contributed by atoms with van der Waals surface area (Å²) >= 11 is 0. The van der Waals surface area contributed by atoms with Crippen molar-refractivity contribution >= 4 is 5.78 Å². The molecule has 0 radical (unpaired) electrons. The highest BCUT2D eigenvalue weighted by atomic mass is 19.1. The molecular formula is C12H16FNO3. The highest BCUT2D eigenvalue weighted by Gasteiger charge is 2.21. The Hall–Kier alpha value is -1.30. The maximum atomic E-state index is 13.5. The molecule has 0 spiro atoms. The number of nitrogens with two attached hydrogens (primary N) is 1. The second kappa shape index (κ2) is 5.86. The Labute approximate surface area is 98.9 Å². The van der Waals surface area contributed by atoms with Crippen LogP contribution in [-0.2, 0) is 0 Å². The van der Waals surface area contributed by atoms with E-state index in [9.17, 15) is 19.4 Å². The van der Waals surface area contributed by atoms with Crippen molar-refractivity contribution in [2.45, 2.75) is 25.6 Å². The molecule has 0 saturated heterocycles. The minimum Gasteiger partial charge on any atom is -0.390 e. The minimum atomic E-state index is -1.38. The first kappa shape index (κ1) is 13.8. The molecule has 94 valence electrons. The van der Waals surface area contributed by atoms with Gasteiger partial charge in [-0.1, -0.05) is 0 Å². The lowest BCUT2D eigenvalue weighted by atomic mass is 9.98. The standard InChI is InChI=1S/C12H16FNO3/c1-7(15)8-2-3-10(13)9(6-8)12(17)11(16)4-5-14/h2-3,6,11-12,16-17H,4-5,14H2,1H3. The van der Waals surface area contributed by atoms with Crippen LogP contribution in [0.1, 0.15) is 35.4 Å². The molecule has 0 aliphatic rings. The maximum Gasteiger partial charge on any atom is 0.159 e. The Kier molecular flexibility index (Phi) is 4.74. The largest absolute Gasteiger partial charge is 0.390 e. The summed E-state index contributed by atoms with van der Waals surface area (Å²) in [6.07, 6.45) is -2.36. The molecule has 4 nitrogen and oxygen atoms in total. The molecule has 0 aliphatic carbocycles. The van der Waals surface area contributed by atoms with Crippen molar-refractivity contribution in [1.29, 1.82) is 0 Å². The zero-order valence-corrected chi connectivity index (χ0v) is 9.56. The third-order valence-electron chi connectivity index (χ3n) is 2.55. The molecule has 0 aliphatic heterocycles. The number of hydrogen-bond donors (Lipinski definition) is 3. The van der Waals surface area contributed by atoms with Crippen molar-refractivity contribution in [3.8, 4) is 0 Å². The molecule has 5 heteroatoms. The van der Waals surface area contributed by atoms with E-state index in [0.29, 0.717) is 5.56 Å². The van der Waals surface area contributed by atoms with Crippen molar-refractivity contribution in [3.63, 3.8) is 0 Å². The number of halogens is 1. The highest BCUT2D eigenvalue weighted by molar-refractivity contribution is 5.94. The van der Waals surface area contributed by atoms with Crippen LogP contribution in [0.3, 0.4) is 0 Å². The minimum absolute atomic E-state index is 0.0846. The quantitative estimate of drug-likeness (QED) is 0.665. The smallest absolute Gasteiger partial charge is 0.159 e. The zero-order chi connectivity index (χ0) is 13.0. The Morgan fingerprint density at radius 2 is 2.12 bits per heavy atom. The number of rotatable bonds is 5. The Morgan fingerprint density at radius 3 is 2.65 bits per heavy atom. The molecule has 1 rings (SSSR count). The van der Waals surface area contributed by atoms with E-state index in [4.69, 9.17) is 5.73 Å². The Balaban J connectivity index is 3.03. The van der Waals surface area contributed by atoms with E-state index in [1.54, 1.807) is 0 Å². The van der Waals surface area contributed by atoms with E-state index in [-0.39, 0.29) is 24.3 Å². The van der Waals surface area contributed by atoms with Crippen LogP contribution in [0, 0.1) is 5.82 Å². The van der Waals surface area contributed by atoms with Gasteiger partial charge in [-0.15, -0.1) is 0 Å². The SMILES string of the molecule is CC(=O)c1ccc(F)c(C(O)C(O)CCN)c1. The lowest BCUT2D eigenvalue weighted by molar-refractivity contribution is 0.0129. The van der Waals surface area contributed by atoms with Gasteiger partial charge in [-0.25, -0.2) is 4.39 Å². The van der Waals surface area contributed by atoms with Crippen LogP contribution < -0.4 is 5.73 Å². The first-order valence-corrected chi connectivity index (χ1v) is 5.34. The van der Waals surface area contributed by atoms with E-state index in [0.717, 1.165) is 6.07 Å². The number of carbonyl (C=O) groups is 1. The number of aliphatic hydroxyl groups excluding tert-OH is 2. The Morgan fingerprint density at radius 1 is 1.47 bits per heavy atom. The van der Waals surface area contributed by atoms with Gasteiger partial charge in [0.1, 0.15) is 11.9 Å². The van der Waals surface area contributed by atoms with Gasteiger partial charge >= 0.3 is 0 Å². The third kappa shape index (κ3) is 3.33. The highest BCUT2D eigenvalue weighted by Crippen LogP contribution is 2.23. The maximum absolute atomic E-state index is 13.5. The lowest BCUT2D eigenvalue weighted by Crippen LogP contribution is -2.22. The molecular weight excluding hydrogens is 225 g/mol. The fourth-order valence-electron chi connectivity index (χ4n) is 1.53. The molecule has 4 N–H and O–H groups in total. The van der Waals surface area contributed by atoms with Crippen LogP contribution in [0.15, 0.2) is 18.2 Å².